The van der Waals surface area contributed by atoms with E-state index < -0.39 is 9.95 Å². The second-order valence-corrected chi connectivity index (χ2v) is 7.25. The summed E-state index contributed by atoms with van der Waals surface area (Å²) in [6, 6.07) is 6.37. The summed E-state index contributed by atoms with van der Waals surface area (Å²) in [6.45, 7) is 1.89. The van der Waals surface area contributed by atoms with Crippen LogP contribution in [-0.4, -0.2) is 20.5 Å². The number of carbonyl (C=O) groups is 1. The van der Waals surface area contributed by atoms with Crippen LogP contribution in [0.4, 0.5) is 14.9 Å². The van der Waals surface area contributed by atoms with E-state index in [-0.39, 0.29) is 6.17 Å². The van der Waals surface area contributed by atoms with Gasteiger partial charge < -0.3 is 0 Å². The number of nitrogens with zero attached hydrogens (tertiary/aromatic N) is 2. The van der Waals surface area contributed by atoms with Gasteiger partial charge >= 0.3 is 9.95 Å². The molecule has 110 valence electrons. The summed E-state index contributed by atoms with van der Waals surface area (Å²) in [5.41, 5.74) is 3.45. The van der Waals surface area contributed by atoms with Crippen LogP contribution < -0.4 is 10.3 Å². The highest BCUT2D eigenvalue weighted by atomic mass is 35.5. The zero-order valence-electron chi connectivity index (χ0n) is 10.3. The van der Waals surface area contributed by atoms with Gasteiger partial charge in [0.05, 0.1) is 0 Å². The first-order chi connectivity index (χ1) is 9.31. The smallest absolute Gasteiger partial charge is 0.275 e. The van der Waals surface area contributed by atoms with Crippen LogP contribution in [0.2, 0.25) is 5.02 Å². The van der Waals surface area contributed by atoms with Crippen molar-refractivity contribution in [3.63, 3.8) is 0 Å². The Balaban J connectivity index is 2.26. The molecule has 20 heavy (non-hydrogen) atoms. The number of halogens is 4. The molecule has 9 heteroatoms. The van der Waals surface area contributed by atoms with Crippen LogP contribution >= 0.6 is 46.8 Å². The molecule has 1 fully saturated rings. The number of nitrogens with one attached hydrogen (secondary N) is 1. The maximum Gasteiger partial charge on any atom is 0.350 e. The Hall–Kier alpha value is -0.400. The van der Waals surface area contributed by atoms with Crippen LogP contribution in [-0.2, 0) is 0 Å². The number of amides is 2. The summed E-state index contributed by atoms with van der Waals surface area (Å²) in [7, 11) is 0. The molecule has 2 amide bonds. The molecule has 4 nitrogen and oxygen atoms in total. The van der Waals surface area contributed by atoms with E-state index in [2.05, 4.69) is 5.43 Å². The highest BCUT2D eigenvalue weighted by Gasteiger charge is 2.42. The van der Waals surface area contributed by atoms with Gasteiger partial charge in [0.15, 0.2) is 0 Å². The van der Waals surface area contributed by atoms with Gasteiger partial charge in [-0.2, -0.15) is 14.2 Å². The minimum Gasteiger partial charge on any atom is -0.275 e. The number of carbonyl (C=O) groups excluding carboxylic acids is 1. The van der Waals surface area contributed by atoms with Gasteiger partial charge in [-0.05, 0) is 24.6 Å². The van der Waals surface area contributed by atoms with Crippen molar-refractivity contribution in [3.8, 4) is 0 Å². The molecular formula is C11H11Cl3FN3OS. The second kappa shape index (κ2) is 6.15. The summed E-state index contributed by atoms with van der Waals surface area (Å²) in [5, 5.41) is 0.505. The molecule has 0 bridgehead atoms. The first-order valence-corrected chi connectivity index (χ1v) is 7.63. The van der Waals surface area contributed by atoms with Crippen LogP contribution in [0, 0.1) is 0 Å². The maximum atomic E-state index is 13.3. The minimum atomic E-state index is -2.59. The number of benzene rings is 1. The summed E-state index contributed by atoms with van der Waals surface area (Å²) in [4.78, 5) is 13.8. The topological polar surface area (TPSA) is 35.6 Å². The van der Waals surface area contributed by atoms with E-state index in [0.717, 1.165) is 4.41 Å². The van der Waals surface area contributed by atoms with Gasteiger partial charge in [0.1, 0.15) is 6.17 Å². The van der Waals surface area contributed by atoms with E-state index >= 15 is 0 Å². The Morgan fingerprint density at radius 1 is 1.50 bits per heavy atom. The molecule has 1 aromatic rings. The molecule has 0 radical (unpaired) electrons. The number of hydrazine groups is 1. The van der Waals surface area contributed by atoms with E-state index in [1.807, 2.05) is 6.92 Å². The molecule has 1 atom stereocenters. The predicted octanol–water partition coefficient (Wildman–Crippen LogP) is 4.53. The molecule has 0 aliphatic carbocycles. The van der Waals surface area contributed by atoms with Crippen molar-refractivity contribution >= 4 is 58.5 Å². The van der Waals surface area contributed by atoms with Crippen LogP contribution in [0.25, 0.3) is 0 Å². The van der Waals surface area contributed by atoms with Gasteiger partial charge in [-0.25, -0.2) is 4.79 Å². The maximum absolute atomic E-state index is 13.3. The lowest BCUT2D eigenvalue weighted by molar-refractivity contribution is 0.235. The second-order valence-electron chi connectivity index (χ2n) is 4.02. The van der Waals surface area contributed by atoms with E-state index in [0.29, 0.717) is 29.1 Å². The number of urea groups is 1. The van der Waals surface area contributed by atoms with Gasteiger partial charge in [0.2, 0.25) is 0 Å². The highest BCUT2D eigenvalue weighted by Crippen LogP contribution is 2.40. The molecule has 1 aromatic carbocycles. The van der Waals surface area contributed by atoms with Gasteiger partial charge in [0, 0.05) is 22.7 Å². The molecular weight excluding hydrogens is 348 g/mol. The molecule has 1 unspecified atom stereocenters. The number of hydrogen-bond donors (Lipinski definition) is 1. The Kier molecular flexibility index (Phi) is 4.92. The van der Waals surface area contributed by atoms with Gasteiger partial charge in [-0.15, -0.1) is 0 Å². The van der Waals surface area contributed by atoms with Gasteiger partial charge in [-0.1, -0.05) is 47.8 Å². The predicted molar refractivity (Wildman–Crippen MR) is 81.5 cm³/mol. The minimum absolute atomic E-state index is 0.329. The van der Waals surface area contributed by atoms with E-state index in [1.165, 1.54) is 4.90 Å². The summed E-state index contributed by atoms with van der Waals surface area (Å²) >= 11 is 16.8. The first-order valence-electron chi connectivity index (χ1n) is 5.72. The molecule has 0 spiro atoms. The fourth-order valence-corrected chi connectivity index (χ4v) is 2.98. The lowest BCUT2D eigenvalue weighted by Gasteiger charge is -2.21. The van der Waals surface area contributed by atoms with Crippen molar-refractivity contribution in [3.05, 3.63) is 29.3 Å². The van der Waals surface area contributed by atoms with Gasteiger partial charge in [-0.3, -0.25) is 4.90 Å². The fourth-order valence-electron chi connectivity index (χ4n) is 1.84. The van der Waals surface area contributed by atoms with Crippen molar-refractivity contribution in [1.82, 2.24) is 9.84 Å². The third-order valence-corrected chi connectivity index (χ3v) is 3.93. The molecule has 1 N–H and O–H groups in total. The van der Waals surface area contributed by atoms with Crippen molar-refractivity contribution < 1.29 is 9.18 Å². The Bertz CT molecular complexity index is 514. The first kappa shape index (κ1) is 16.0. The Labute approximate surface area is 135 Å². The normalized spacial score (nSPS) is 19.9. The zero-order chi connectivity index (χ0) is 14.9. The van der Waals surface area contributed by atoms with Crippen LogP contribution in [0.3, 0.4) is 0 Å². The van der Waals surface area contributed by atoms with E-state index in [4.69, 9.17) is 34.8 Å². The van der Waals surface area contributed by atoms with Crippen LogP contribution in [0.1, 0.15) is 13.3 Å². The Morgan fingerprint density at radius 2 is 2.20 bits per heavy atom. The highest BCUT2D eigenvalue weighted by molar-refractivity contribution is 8.01. The summed E-state index contributed by atoms with van der Waals surface area (Å²) in [5.74, 6) is 0. The molecule has 1 aliphatic heterocycles. The number of hydrogen-bond acceptors (Lipinski definition) is 3. The van der Waals surface area contributed by atoms with Gasteiger partial charge in [0.25, 0.3) is 0 Å². The Morgan fingerprint density at radius 3 is 2.75 bits per heavy atom. The monoisotopic (exact) mass is 357 g/mol. The molecule has 2 rings (SSSR count). The number of anilines is 1. The largest absolute Gasteiger partial charge is 0.350 e. The van der Waals surface area contributed by atoms with Crippen molar-refractivity contribution in [1.29, 1.82) is 0 Å². The summed E-state index contributed by atoms with van der Waals surface area (Å²) < 4.78 is 11.6. The zero-order valence-corrected chi connectivity index (χ0v) is 13.4. The van der Waals surface area contributed by atoms with E-state index in [1.54, 1.807) is 24.3 Å². The molecule has 0 aromatic heterocycles. The lowest BCUT2D eigenvalue weighted by Crippen LogP contribution is -2.36. The van der Waals surface area contributed by atoms with E-state index in [9.17, 15) is 9.18 Å². The van der Waals surface area contributed by atoms with Crippen LogP contribution in [0.15, 0.2) is 24.3 Å². The average Bonchev–Trinajstić information content (AvgIpc) is 2.64. The quantitative estimate of drug-likeness (QED) is 0.634. The molecule has 0 saturated carbocycles. The van der Waals surface area contributed by atoms with Crippen molar-refractivity contribution in [2.75, 3.05) is 4.90 Å². The van der Waals surface area contributed by atoms with Crippen molar-refractivity contribution in [2.45, 2.75) is 23.4 Å². The third-order valence-electron chi connectivity index (χ3n) is 2.63. The SMILES string of the molecule is CCC1NN(SC(F)(Cl)Cl)C(=O)N1c1cccc(Cl)c1. The molecule has 1 saturated heterocycles. The third kappa shape index (κ3) is 3.62. The number of rotatable bonds is 4. The van der Waals surface area contributed by atoms with Crippen molar-refractivity contribution in [2.24, 2.45) is 0 Å². The van der Waals surface area contributed by atoms with Crippen LogP contribution in [0.5, 0.6) is 0 Å². The fraction of sp³-hybridized carbons (Fsp3) is 0.364. The summed E-state index contributed by atoms with van der Waals surface area (Å²) in [6.07, 6.45) is 0.281. The number of alkyl halides is 3. The molecule has 1 heterocycles. The standard InChI is InChI=1S/C11H11Cl3FN3OS/c1-2-9-16-18(20-11(13,14)15)10(19)17(9)8-5-3-4-7(12)6-8/h3-6,9,16H,2H2,1H3. The lowest BCUT2D eigenvalue weighted by atomic mass is 10.2. The average molecular weight is 359 g/mol. The molecule has 1 aliphatic rings.